The summed E-state index contributed by atoms with van der Waals surface area (Å²) < 4.78 is 13.0. The molecule has 1 aromatic heterocycles. The number of aryl methyl sites for hydroxylation is 2. The molecule has 1 aromatic carbocycles. The SMILES string of the molecule is Cc1ncsc1CCC(N)Cc1cccc(F)c1. The van der Waals surface area contributed by atoms with Crippen LogP contribution in [0.25, 0.3) is 0 Å². The Balaban J connectivity index is 1.86. The molecule has 2 rings (SSSR count). The van der Waals surface area contributed by atoms with E-state index in [1.165, 1.54) is 10.9 Å². The van der Waals surface area contributed by atoms with Crippen molar-refractivity contribution >= 4 is 11.3 Å². The summed E-state index contributed by atoms with van der Waals surface area (Å²) in [6.45, 7) is 2.02. The minimum Gasteiger partial charge on any atom is -0.327 e. The first-order chi connectivity index (χ1) is 8.65. The standard InChI is InChI=1S/C14H17FN2S/c1-10-14(18-9-17-10)6-5-13(16)8-11-3-2-4-12(15)7-11/h2-4,7,9,13H,5-6,8,16H2,1H3. The molecule has 0 aliphatic carbocycles. The second kappa shape index (κ2) is 6.07. The molecule has 96 valence electrons. The van der Waals surface area contributed by atoms with Gasteiger partial charge in [0.25, 0.3) is 0 Å². The van der Waals surface area contributed by atoms with Crippen LogP contribution in [0.3, 0.4) is 0 Å². The van der Waals surface area contributed by atoms with Crippen LogP contribution in [0.2, 0.25) is 0 Å². The lowest BCUT2D eigenvalue weighted by Gasteiger charge is -2.11. The summed E-state index contributed by atoms with van der Waals surface area (Å²) in [6, 6.07) is 6.72. The second-order valence-corrected chi connectivity index (χ2v) is 5.43. The first-order valence-corrected chi connectivity index (χ1v) is 6.92. The van der Waals surface area contributed by atoms with Crippen molar-refractivity contribution < 1.29 is 4.39 Å². The third kappa shape index (κ3) is 3.62. The number of nitrogens with zero attached hydrogens (tertiary/aromatic N) is 1. The smallest absolute Gasteiger partial charge is 0.123 e. The van der Waals surface area contributed by atoms with Crippen LogP contribution in [-0.2, 0) is 12.8 Å². The number of nitrogens with two attached hydrogens (primary N) is 1. The molecule has 0 bridgehead atoms. The van der Waals surface area contributed by atoms with Gasteiger partial charge >= 0.3 is 0 Å². The van der Waals surface area contributed by atoms with Gasteiger partial charge in [-0.25, -0.2) is 9.37 Å². The highest BCUT2D eigenvalue weighted by atomic mass is 32.1. The van der Waals surface area contributed by atoms with E-state index in [1.54, 1.807) is 23.5 Å². The van der Waals surface area contributed by atoms with E-state index in [0.717, 1.165) is 30.5 Å². The lowest BCUT2D eigenvalue weighted by atomic mass is 10.0. The van der Waals surface area contributed by atoms with E-state index in [0.29, 0.717) is 0 Å². The fraction of sp³-hybridized carbons (Fsp3) is 0.357. The van der Waals surface area contributed by atoms with Gasteiger partial charge in [0.05, 0.1) is 11.2 Å². The van der Waals surface area contributed by atoms with Gasteiger partial charge in [-0.1, -0.05) is 12.1 Å². The van der Waals surface area contributed by atoms with E-state index in [-0.39, 0.29) is 11.9 Å². The highest BCUT2D eigenvalue weighted by Crippen LogP contribution is 2.16. The maximum atomic E-state index is 13.0. The molecule has 2 N–H and O–H groups in total. The number of benzene rings is 1. The van der Waals surface area contributed by atoms with Gasteiger partial charge < -0.3 is 5.73 Å². The third-order valence-electron chi connectivity index (χ3n) is 2.97. The molecule has 2 aromatic rings. The van der Waals surface area contributed by atoms with Crippen molar-refractivity contribution in [2.45, 2.75) is 32.2 Å². The van der Waals surface area contributed by atoms with Crippen LogP contribution >= 0.6 is 11.3 Å². The summed E-state index contributed by atoms with van der Waals surface area (Å²) >= 11 is 1.67. The molecule has 0 spiro atoms. The summed E-state index contributed by atoms with van der Waals surface area (Å²) in [6.07, 6.45) is 2.57. The van der Waals surface area contributed by atoms with Crippen LogP contribution in [-0.4, -0.2) is 11.0 Å². The molecule has 0 saturated heterocycles. The molecule has 4 heteroatoms. The van der Waals surface area contributed by atoms with Crippen LogP contribution in [0.15, 0.2) is 29.8 Å². The van der Waals surface area contributed by atoms with Crippen molar-refractivity contribution in [2.75, 3.05) is 0 Å². The second-order valence-electron chi connectivity index (χ2n) is 4.49. The van der Waals surface area contributed by atoms with Crippen molar-refractivity contribution in [1.82, 2.24) is 4.98 Å². The largest absolute Gasteiger partial charge is 0.327 e. The van der Waals surface area contributed by atoms with Crippen LogP contribution in [0.4, 0.5) is 4.39 Å². The van der Waals surface area contributed by atoms with Crippen molar-refractivity contribution in [3.05, 3.63) is 51.7 Å². The molecule has 0 aliphatic rings. The van der Waals surface area contributed by atoms with E-state index < -0.39 is 0 Å². The van der Waals surface area contributed by atoms with Crippen LogP contribution in [0, 0.1) is 12.7 Å². The predicted octanol–water partition coefficient (Wildman–Crippen LogP) is 3.09. The first kappa shape index (κ1) is 13.2. The van der Waals surface area contributed by atoms with Crippen molar-refractivity contribution in [3.63, 3.8) is 0 Å². The van der Waals surface area contributed by atoms with E-state index in [4.69, 9.17) is 5.73 Å². The number of rotatable bonds is 5. The van der Waals surface area contributed by atoms with E-state index >= 15 is 0 Å². The van der Waals surface area contributed by atoms with Crippen LogP contribution in [0.5, 0.6) is 0 Å². The normalized spacial score (nSPS) is 12.6. The van der Waals surface area contributed by atoms with Gasteiger partial charge in [-0.05, 0) is 43.9 Å². The molecule has 0 aliphatic heterocycles. The Morgan fingerprint density at radius 1 is 1.44 bits per heavy atom. The molecule has 0 fully saturated rings. The van der Waals surface area contributed by atoms with E-state index in [2.05, 4.69) is 4.98 Å². The summed E-state index contributed by atoms with van der Waals surface area (Å²) in [5, 5.41) is 0. The predicted molar refractivity (Wildman–Crippen MR) is 73.3 cm³/mol. The minimum atomic E-state index is -0.196. The van der Waals surface area contributed by atoms with Gasteiger partial charge in [0.2, 0.25) is 0 Å². The average molecular weight is 264 g/mol. The average Bonchev–Trinajstić information content (AvgIpc) is 2.72. The Morgan fingerprint density at radius 3 is 2.94 bits per heavy atom. The monoisotopic (exact) mass is 264 g/mol. The summed E-state index contributed by atoms with van der Waals surface area (Å²) in [7, 11) is 0. The van der Waals surface area contributed by atoms with Gasteiger partial charge in [-0.2, -0.15) is 0 Å². The number of thiazole rings is 1. The van der Waals surface area contributed by atoms with Gasteiger partial charge in [0.15, 0.2) is 0 Å². The molecule has 2 nitrogen and oxygen atoms in total. The molecule has 1 atom stereocenters. The Morgan fingerprint density at radius 2 is 2.28 bits per heavy atom. The Labute approximate surface area is 111 Å². The zero-order valence-corrected chi connectivity index (χ0v) is 11.2. The highest BCUT2D eigenvalue weighted by molar-refractivity contribution is 7.09. The quantitative estimate of drug-likeness (QED) is 0.901. The molecular weight excluding hydrogens is 247 g/mol. The molecule has 0 radical (unpaired) electrons. The van der Waals surface area contributed by atoms with Gasteiger partial charge in [0, 0.05) is 10.9 Å². The number of hydrogen-bond acceptors (Lipinski definition) is 3. The molecule has 1 heterocycles. The zero-order valence-electron chi connectivity index (χ0n) is 10.4. The maximum absolute atomic E-state index is 13.0. The Kier molecular flexibility index (Phi) is 4.44. The van der Waals surface area contributed by atoms with Crippen molar-refractivity contribution in [1.29, 1.82) is 0 Å². The summed E-state index contributed by atoms with van der Waals surface area (Å²) in [5.74, 6) is -0.196. The lowest BCUT2D eigenvalue weighted by molar-refractivity contribution is 0.600. The van der Waals surface area contributed by atoms with Crippen LogP contribution in [0.1, 0.15) is 22.6 Å². The van der Waals surface area contributed by atoms with Gasteiger partial charge in [-0.3, -0.25) is 0 Å². The van der Waals surface area contributed by atoms with Crippen molar-refractivity contribution in [3.8, 4) is 0 Å². The number of hydrogen-bond donors (Lipinski definition) is 1. The molecule has 1 unspecified atom stereocenters. The first-order valence-electron chi connectivity index (χ1n) is 6.04. The fourth-order valence-corrected chi connectivity index (χ4v) is 2.75. The molecule has 18 heavy (non-hydrogen) atoms. The number of aromatic nitrogens is 1. The lowest BCUT2D eigenvalue weighted by Crippen LogP contribution is -2.23. The third-order valence-corrected chi connectivity index (χ3v) is 3.97. The van der Waals surface area contributed by atoms with Gasteiger partial charge in [-0.15, -0.1) is 11.3 Å². The fourth-order valence-electron chi connectivity index (χ4n) is 1.95. The minimum absolute atomic E-state index is 0.0632. The van der Waals surface area contributed by atoms with E-state index in [1.807, 2.05) is 18.5 Å². The van der Waals surface area contributed by atoms with Crippen LogP contribution < -0.4 is 5.73 Å². The van der Waals surface area contributed by atoms with Crippen molar-refractivity contribution in [2.24, 2.45) is 5.73 Å². The number of halogens is 1. The maximum Gasteiger partial charge on any atom is 0.123 e. The summed E-state index contributed by atoms with van der Waals surface area (Å²) in [5.41, 5.74) is 10.0. The Bertz CT molecular complexity index is 510. The topological polar surface area (TPSA) is 38.9 Å². The molecule has 0 saturated carbocycles. The van der Waals surface area contributed by atoms with Gasteiger partial charge in [0.1, 0.15) is 5.82 Å². The molecule has 0 amide bonds. The Hall–Kier alpha value is -1.26. The zero-order chi connectivity index (χ0) is 13.0. The highest BCUT2D eigenvalue weighted by Gasteiger charge is 2.08. The summed E-state index contributed by atoms with van der Waals surface area (Å²) in [4.78, 5) is 5.51. The molecular formula is C14H17FN2S. The van der Waals surface area contributed by atoms with E-state index in [9.17, 15) is 4.39 Å².